The molecule has 4 heteroatoms. The van der Waals surface area contributed by atoms with E-state index in [1.165, 1.54) is 0 Å². The van der Waals surface area contributed by atoms with Gasteiger partial charge in [0.2, 0.25) is 5.88 Å². The fraction of sp³-hybridized carbons (Fsp3) is 0.154. The molecule has 0 aliphatic rings. The molecule has 0 unspecified atom stereocenters. The lowest BCUT2D eigenvalue weighted by molar-refractivity contribution is 0.372. The van der Waals surface area contributed by atoms with Crippen LogP contribution in [0.2, 0.25) is 0 Å². The maximum absolute atomic E-state index is 5.71. The summed E-state index contributed by atoms with van der Waals surface area (Å²) < 4.78 is 10.9. The molecular weight excluding hydrogens is 216 g/mol. The average molecular weight is 230 g/mol. The number of hydrogen-bond acceptors (Lipinski definition) is 4. The van der Waals surface area contributed by atoms with Crippen LogP contribution in [0.3, 0.4) is 0 Å². The largest absolute Gasteiger partial charge is 0.493 e. The van der Waals surface area contributed by atoms with Gasteiger partial charge in [0.25, 0.3) is 0 Å². The number of para-hydroxylation sites is 2. The van der Waals surface area contributed by atoms with E-state index in [-0.39, 0.29) is 0 Å². The van der Waals surface area contributed by atoms with Crippen LogP contribution in [0.1, 0.15) is 5.56 Å². The second-order valence-electron chi connectivity index (χ2n) is 3.42. The Morgan fingerprint density at radius 1 is 1.12 bits per heavy atom. The van der Waals surface area contributed by atoms with Gasteiger partial charge in [0.05, 0.1) is 7.11 Å². The van der Waals surface area contributed by atoms with Gasteiger partial charge >= 0.3 is 0 Å². The Kier molecular flexibility index (Phi) is 3.57. The molecule has 4 nitrogen and oxygen atoms in total. The monoisotopic (exact) mass is 230 g/mol. The summed E-state index contributed by atoms with van der Waals surface area (Å²) in [6.45, 7) is 0.387. The minimum absolute atomic E-state index is 0.387. The van der Waals surface area contributed by atoms with E-state index in [9.17, 15) is 0 Å². The van der Waals surface area contributed by atoms with Crippen molar-refractivity contribution in [3.8, 4) is 17.4 Å². The van der Waals surface area contributed by atoms with Crippen LogP contribution in [0, 0.1) is 0 Å². The quantitative estimate of drug-likeness (QED) is 0.875. The summed E-state index contributed by atoms with van der Waals surface area (Å²) in [5.41, 5.74) is 6.48. The third-order valence-corrected chi connectivity index (χ3v) is 2.35. The molecule has 2 N–H and O–H groups in total. The highest BCUT2D eigenvalue weighted by atomic mass is 16.5. The summed E-state index contributed by atoms with van der Waals surface area (Å²) in [5, 5.41) is 0. The average Bonchev–Trinajstić information content (AvgIpc) is 2.40. The molecule has 88 valence electrons. The van der Waals surface area contributed by atoms with E-state index >= 15 is 0 Å². The van der Waals surface area contributed by atoms with Crippen LogP contribution in [0.15, 0.2) is 42.6 Å². The highest BCUT2D eigenvalue weighted by molar-refractivity contribution is 5.42. The minimum Gasteiger partial charge on any atom is -0.493 e. The van der Waals surface area contributed by atoms with Crippen molar-refractivity contribution in [1.29, 1.82) is 0 Å². The molecule has 0 bridgehead atoms. The molecule has 0 fully saturated rings. The van der Waals surface area contributed by atoms with Crippen LogP contribution in [0.25, 0.3) is 0 Å². The summed E-state index contributed by atoms with van der Waals surface area (Å²) >= 11 is 0. The number of pyridine rings is 1. The van der Waals surface area contributed by atoms with Gasteiger partial charge in [-0.3, -0.25) is 0 Å². The first-order valence-corrected chi connectivity index (χ1v) is 5.30. The van der Waals surface area contributed by atoms with Crippen molar-refractivity contribution < 1.29 is 9.47 Å². The number of nitrogens with two attached hydrogens (primary N) is 1. The lowest BCUT2D eigenvalue weighted by Crippen LogP contribution is -2.01. The number of aromatic nitrogens is 1. The number of nitrogens with zero attached hydrogens (tertiary/aromatic N) is 1. The normalized spacial score (nSPS) is 10.0. The predicted octanol–water partition coefficient (Wildman–Crippen LogP) is 2.34. The van der Waals surface area contributed by atoms with Crippen molar-refractivity contribution in [3.05, 3.63) is 48.2 Å². The Morgan fingerprint density at radius 3 is 2.59 bits per heavy atom. The fourth-order valence-electron chi connectivity index (χ4n) is 1.48. The first kappa shape index (κ1) is 11.4. The predicted molar refractivity (Wildman–Crippen MR) is 65.2 cm³/mol. The number of ether oxygens (including phenoxy) is 2. The topological polar surface area (TPSA) is 57.4 Å². The minimum atomic E-state index is 0.387. The van der Waals surface area contributed by atoms with Crippen LogP contribution in [-0.4, -0.2) is 12.1 Å². The van der Waals surface area contributed by atoms with Crippen LogP contribution < -0.4 is 15.2 Å². The van der Waals surface area contributed by atoms with Gasteiger partial charge in [-0.25, -0.2) is 4.98 Å². The standard InChI is InChI=1S/C13H14N2O2/c1-16-11-6-2-3-7-12(11)17-13-10(9-14)5-4-8-15-13/h2-8H,9,14H2,1H3. The molecule has 0 spiro atoms. The van der Waals surface area contributed by atoms with Crippen molar-refractivity contribution in [2.75, 3.05) is 7.11 Å². The molecule has 0 aliphatic heterocycles. The number of methoxy groups -OCH3 is 1. The van der Waals surface area contributed by atoms with E-state index in [1.807, 2.05) is 36.4 Å². The van der Waals surface area contributed by atoms with Crippen LogP contribution in [-0.2, 0) is 6.54 Å². The molecule has 0 atom stereocenters. The molecule has 0 aliphatic carbocycles. The first-order valence-electron chi connectivity index (χ1n) is 5.30. The molecule has 2 rings (SSSR count). The molecule has 1 aromatic heterocycles. The summed E-state index contributed by atoms with van der Waals surface area (Å²) in [7, 11) is 1.60. The maximum atomic E-state index is 5.71. The van der Waals surface area contributed by atoms with E-state index in [4.69, 9.17) is 15.2 Å². The van der Waals surface area contributed by atoms with Gasteiger partial charge in [0.1, 0.15) is 0 Å². The van der Waals surface area contributed by atoms with Gasteiger partial charge < -0.3 is 15.2 Å². The SMILES string of the molecule is COc1ccccc1Oc1ncccc1CN. The van der Waals surface area contributed by atoms with Crippen LogP contribution in [0.5, 0.6) is 17.4 Å². The second kappa shape index (κ2) is 5.32. The van der Waals surface area contributed by atoms with Gasteiger partial charge in [-0.2, -0.15) is 0 Å². The molecule has 1 heterocycles. The van der Waals surface area contributed by atoms with Crippen molar-refractivity contribution in [2.45, 2.75) is 6.54 Å². The molecule has 0 saturated heterocycles. The van der Waals surface area contributed by atoms with Gasteiger partial charge in [-0.15, -0.1) is 0 Å². The summed E-state index contributed by atoms with van der Waals surface area (Å²) in [6.07, 6.45) is 1.67. The highest BCUT2D eigenvalue weighted by Gasteiger charge is 2.08. The second-order valence-corrected chi connectivity index (χ2v) is 3.42. The Hall–Kier alpha value is -2.07. The van der Waals surface area contributed by atoms with Gasteiger partial charge in [0, 0.05) is 18.3 Å². The maximum Gasteiger partial charge on any atom is 0.223 e. The lowest BCUT2D eigenvalue weighted by Gasteiger charge is -2.11. The summed E-state index contributed by atoms with van der Waals surface area (Å²) in [6, 6.07) is 11.1. The van der Waals surface area contributed by atoms with E-state index in [1.54, 1.807) is 13.3 Å². The Labute approximate surface area is 100 Å². The first-order chi connectivity index (χ1) is 8.35. The van der Waals surface area contributed by atoms with Gasteiger partial charge in [-0.05, 0) is 18.2 Å². The Balaban J connectivity index is 2.31. The molecule has 0 radical (unpaired) electrons. The van der Waals surface area contributed by atoms with E-state index in [2.05, 4.69) is 4.98 Å². The van der Waals surface area contributed by atoms with Crippen molar-refractivity contribution in [2.24, 2.45) is 5.73 Å². The number of benzene rings is 1. The number of rotatable bonds is 4. The van der Waals surface area contributed by atoms with Crippen LogP contribution in [0.4, 0.5) is 0 Å². The van der Waals surface area contributed by atoms with Gasteiger partial charge in [-0.1, -0.05) is 18.2 Å². The third kappa shape index (κ3) is 2.54. The summed E-state index contributed by atoms with van der Waals surface area (Å²) in [5.74, 6) is 1.81. The van der Waals surface area contributed by atoms with Crippen molar-refractivity contribution in [3.63, 3.8) is 0 Å². The molecular formula is C13H14N2O2. The zero-order valence-electron chi connectivity index (χ0n) is 9.59. The number of hydrogen-bond donors (Lipinski definition) is 1. The zero-order chi connectivity index (χ0) is 12.1. The highest BCUT2D eigenvalue weighted by Crippen LogP contribution is 2.31. The van der Waals surface area contributed by atoms with Crippen molar-refractivity contribution in [1.82, 2.24) is 4.98 Å². The summed E-state index contributed by atoms with van der Waals surface area (Å²) in [4.78, 5) is 4.16. The fourth-order valence-corrected chi connectivity index (χ4v) is 1.48. The van der Waals surface area contributed by atoms with Gasteiger partial charge in [0.15, 0.2) is 11.5 Å². The third-order valence-electron chi connectivity index (χ3n) is 2.35. The Morgan fingerprint density at radius 2 is 1.88 bits per heavy atom. The zero-order valence-corrected chi connectivity index (χ0v) is 9.59. The van der Waals surface area contributed by atoms with Crippen LogP contribution >= 0.6 is 0 Å². The van der Waals surface area contributed by atoms with E-state index < -0.39 is 0 Å². The Bertz CT molecular complexity index is 455. The molecule has 17 heavy (non-hydrogen) atoms. The molecule has 0 amide bonds. The van der Waals surface area contributed by atoms with E-state index in [0.717, 1.165) is 5.56 Å². The van der Waals surface area contributed by atoms with Crippen molar-refractivity contribution >= 4 is 0 Å². The molecule has 0 saturated carbocycles. The van der Waals surface area contributed by atoms with E-state index in [0.29, 0.717) is 23.9 Å². The smallest absolute Gasteiger partial charge is 0.223 e. The molecule has 2 aromatic rings. The lowest BCUT2D eigenvalue weighted by atomic mass is 10.2. The molecule has 1 aromatic carbocycles.